The van der Waals surface area contributed by atoms with Crippen molar-refractivity contribution < 1.29 is 9.53 Å². The number of nitrogens with zero attached hydrogens (tertiary/aromatic N) is 3. The van der Waals surface area contributed by atoms with Crippen LogP contribution in [0.5, 0.6) is 0 Å². The van der Waals surface area contributed by atoms with Crippen LogP contribution >= 0.6 is 0 Å². The van der Waals surface area contributed by atoms with Gasteiger partial charge in [0.25, 0.3) is 0 Å². The quantitative estimate of drug-likeness (QED) is 0.660. The number of ether oxygens (including phenoxy) is 1. The molecule has 2 heterocycles. The van der Waals surface area contributed by atoms with E-state index in [0.29, 0.717) is 12.3 Å². The second-order valence-corrected chi connectivity index (χ2v) is 4.22. The third kappa shape index (κ3) is 1.83. The van der Waals surface area contributed by atoms with E-state index >= 15 is 0 Å². The highest BCUT2D eigenvalue weighted by molar-refractivity contribution is 5.97. The summed E-state index contributed by atoms with van der Waals surface area (Å²) < 4.78 is 6.65. The average Bonchev–Trinajstić information content (AvgIpc) is 2.85. The van der Waals surface area contributed by atoms with Gasteiger partial charge in [-0.1, -0.05) is 18.2 Å². The van der Waals surface area contributed by atoms with Gasteiger partial charge in [-0.15, -0.1) is 0 Å². The number of esters is 1. The Bertz CT molecular complexity index is 777. The number of carbonyl (C=O) groups is 1. The first-order chi connectivity index (χ1) is 9.20. The number of para-hydroxylation sites is 1. The van der Waals surface area contributed by atoms with Gasteiger partial charge >= 0.3 is 5.97 Å². The van der Waals surface area contributed by atoms with Crippen molar-refractivity contribution in [2.24, 2.45) is 0 Å². The molecule has 0 aliphatic rings. The van der Waals surface area contributed by atoms with Gasteiger partial charge < -0.3 is 4.74 Å². The molecule has 0 saturated carbocycles. The van der Waals surface area contributed by atoms with Crippen molar-refractivity contribution in [1.29, 1.82) is 0 Å². The van der Waals surface area contributed by atoms with Crippen molar-refractivity contribution in [2.45, 2.75) is 13.8 Å². The Labute approximate surface area is 109 Å². The van der Waals surface area contributed by atoms with Crippen LogP contribution < -0.4 is 0 Å². The molecule has 1 aromatic carbocycles. The first-order valence-electron chi connectivity index (χ1n) is 6.13. The van der Waals surface area contributed by atoms with Crippen LogP contribution in [0.2, 0.25) is 0 Å². The highest BCUT2D eigenvalue weighted by Gasteiger charge is 2.15. The fraction of sp³-hybridized carbons (Fsp3) is 0.214. The summed E-state index contributed by atoms with van der Waals surface area (Å²) in [5.74, 6) is 0.332. The number of aryl methyl sites for hydroxylation is 1. The summed E-state index contributed by atoms with van der Waals surface area (Å²) in [5, 5.41) is 5.23. The minimum Gasteiger partial charge on any atom is -0.461 e. The molecule has 0 bridgehead atoms. The standard InChI is InChI=1S/C14H13N3O2/c1-3-19-14(18)12-8-13-10-6-4-5-7-11(10)15-9(2)17(13)16-12/h4-8H,3H2,1-2H3. The first kappa shape index (κ1) is 11.6. The van der Waals surface area contributed by atoms with Gasteiger partial charge in [0.15, 0.2) is 5.69 Å². The number of hydrogen-bond donors (Lipinski definition) is 0. The number of benzene rings is 1. The maximum Gasteiger partial charge on any atom is 0.358 e. The number of aromatic nitrogens is 3. The molecular formula is C14H13N3O2. The van der Waals surface area contributed by atoms with Gasteiger partial charge in [0.05, 0.1) is 17.6 Å². The van der Waals surface area contributed by atoms with Gasteiger partial charge in [-0.3, -0.25) is 0 Å². The average molecular weight is 255 g/mol. The maximum absolute atomic E-state index is 11.7. The smallest absolute Gasteiger partial charge is 0.358 e. The molecule has 19 heavy (non-hydrogen) atoms. The van der Waals surface area contributed by atoms with Crippen molar-refractivity contribution in [3.8, 4) is 0 Å². The van der Waals surface area contributed by atoms with E-state index in [1.165, 1.54) is 0 Å². The minimum atomic E-state index is -0.408. The third-order valence-corrected chi connectivity index (χ3v) is 2.96. The van der Waals surface area contributed by atoms with E-state index in [2.05, 4.69) is 10.1 Å². The van der Waals surface area contributed by atoms with E-state index in [1.807, 2.05) is 31.2 Å². The van der Waals surface area contributed by atoms with Crippen LogP contribution in [-0.2, 0) is 4.74 Å². The van der Waals surface area contributed by atoms with Gasteiger partial charge in [0, 0.05) is 5.39 Å². The highest BCUT2D eigenvalue weighted by Crippen LogP contribution is 2.20. The zero-order valence-corrected chi connectivity index (χ0v) is 10.8. The van der Waals surface area contributed by atoms with Gasteiger partial charge in [0.1, 0.15) is 5.82 Å². The van der Waals surface area contributed by atoms with Crippen molar-refractivity contribution in [2.75, 3.05) is 6.61 Å². The summed E-state index contributed by atoms with van der Waals surface area (Å²) in [6.07, 6.45) is 0. The normalized spacial score (nSPS) is 11.1. The third-order valence-electron chi connectivity index (χ3n) is 2.96. The van der Waals surface area contributed by atoms with Gasteiger partial charge in [-0.2, -0.15) is 5.10 Å². The fourth-order valence-corrected chi connectivity index (χ4v) is 2.13. The van der Waals surface area contributed by atoms with E-state index < -0.39 is 5.97 Å². The second-order valence-electron chi connectivity index (χ2n) is 4.22. The van der Waals surface area contributed by atoms with Gasteiger partial charge in [0.2, 0.25) is 0 Å². The molecule has 0 aliphatic carbocycles. The number of hydrogen-bond acceptors (Lipinski definition) is 4. The van der Waals surface area contributed by atoms with E-state index in [0.717, 1.165) is 22.2 Å². The van der Waals surface area contributed by atoms with Crippen LogP contribution in [0.1, 0.15) is 23.2 Å². The molecule has 5 heteroatoms. The van der Waals surface area contributed by atoms with Crippen LogP contribution in [0.25, 0.3) is 16.4 Å². The molecule has 0 radical (unpaired) electrons. The number of carbonyl (C=O) groups excluding carboxylic acids is 1. The second kappa shape index (κ2) is 4.35. The summed E-state index contributed by atoms with van der Waals surface area (Å²) in [6.45, 7) is 3.97. The minimum absolute atomic E-state index is 0.308. The summed E-state index contributed by atoms with van der Waals surface area (Å²) in [5.41, 5.74) is 2.07. The Morgan fingerprint density at radius 1 is 1.37 bits per heavy atom. The van der Waals surface area contributed by atoms with Gasteiger partial charge in [-0.25, -0.2) is 14.3 Å². The SMILES string of the molecule is CCOC(=O)c1cc2c3ccccc3nc(C)n2n1. The predicted octanol–water partition coefficient (Wildman–Crippen LogP) is 2.37. The summed E-state index contributed by atoms with van der Waals surface area (Å²) in [6, 6.07) is 9.53. The van der Waals surface area contributed by atoms with E-state index in [9.17, 15) is 4.79 Å². The Morgan fingerprint density at radius 3 is 2.95 bits per heavy atom. The van der Waals surface area contributed by atoms with Crippen LogP contribution in [0.4, 0.5) is 0 Å². The molecule has 0 amide bonds. The van der Waals surface area contributed by atoms with Gasteiger partial charge in [-0.05, 0) is 26.0 Å². The highest BCUT2D eigenvalue weighted by atomic mass is 16.5. The molecule has 96 valence electrons. The van der Waals surface area contributed by atoms with Crippen molar-refractivity contribution in [3.63, 3.8) is 0 Å². The monoisotopic (exact) mass is 255 g/mol. The van der Waals surface area contributed by atoms with Crippen LogP contribution in [-0.4, -0.2) is 27.2 Å². The lowest BCUT2D eigenvalue weighted by Gasteiger charge is -2.02. The van der Waals surface area contributed by atoms with Crippen LogP contribution in [0.15, 0.2) is 30.3 Å². The molecule has 0 unspecified atom stereocenters. The summed E-state index contributed by atoms with van der Waals surface area (Å²) in [4.78, 5) is 16.2. The van der Waals surface area contributed by atoms with Crippen molar-refractivity contribution >= 4 is 22.4 Å². The number of fused-ring (bicyclic) bond motifs is 3. The zero-order valence-electron chi connectivity index (χ0n) is 10.8. The lowest BCUT2D eigenvalue weighted by Crippen LogP contribution is -2.06. The van der Waals surface area contributed by atoms with E-state index in [4.69, 9.17) is 4.74 Å². The maximum atomic E-state index is 11.7. The lowest BCUT2D eigenvalue weighted by atomic mass is 10.2. The molecule has 0 N–H and O–H groups in total. The van der Waals surface area contributed by atoms with Crippen molar-refractivity contribution in [1.82, 2.24) is 14.6 Å². The summed E-state index contributed by atoms with van der Waals surface area (Å²) >= 11 is 0. The molecule has 3 aromatic rings. The Hall–Kier alpha value is -2.43. The van der Waals surface area contributed by atoms with Crippen molar-refractivity contribution in [3.05, 3.63) is 41.9 Å². The molecule has 0 aliphatic heterocycles. The van der Waals surface area contributed by atoms with Crippen LogP contribution in [0, 0.1) is 6.92 Å². The number of rotatable bonds is 2. The zero-order chi connectivity index (χ0) is 13.4. The molecule has 5 nitrogen and oxygen atoms in total. The fourth-order valence-electron chi connectivity index (χ4n) is 2.13. The molecule has 2 aromatic heterocycles. The summed E-state index contributed by atoms with van der Waals surface area (Å²) in [7, 11) is 0. The predicted molar refractivity (Wildman–Crippen MR) is 71.2 cm³/mol. The van der Waals surface area contributed by atoms with E-state index in [1.54, 1.807) is 17.5 Å². The van der Waals surface area contributed by atoms with E-state index in [-0.39, 0.29) is 0 Å². The molecule has 0 atom stereocenters. The molecular weight excluding hydrogens is 242 g/mol. The topological polar surface area (TPSA) is 56.5 Å². The molecule has 3 rings (SSSR count). The first-order valence-corrected chi connectivity index (χ1v) is 6.13. The Balaban J connectivity index is 2.29. The van der Waals surface area contributed by atoms with Crippen LogP contribution in [0.3, 0.4) is 0 Å². The Morgan fingerprint density at radius 2 is 2.16 bits per heavy atom. The molecule has 0 spiro atoms. The lowest BCUT2D eigenvalue weighted by molar-refractivity contribution is 0.0519. The molecule has 0 saturated heterocycles. The molecule has 0 fully saturated rings. The Kier molecular flexibility index (Phi) is 2.67. The largest absolute Gasteiger partial charge is 0.461 e.